The van der Waals surface area contributed by atoms with E-state index in [0.717, 1.165) is 4.90 Å². The number of amides is 1. The summed E-state index contributed by atoms with van der Waals surface area (Å²) < 4.78 is 10.3. The van der Waals surface area contributed by atoms with E-state index in [-0.39, 0.29) is 24.3 Å². The Morgan fingerprint density at radius 3 is 2.57 bits per heavy atom. The first-order valence-electron chi connectivity index (χ1n) is 6.42. The number of β-amino-alcohol motifs (C(OH)–C–C–N with tert-alkyl or cyclic N) is 1. The van der Waals surface area contributed by atoms with E-state index in [9.17, 15) is 14.7 Å². The van der Waals surface area contributed by atoms with E-state index in [4.69, 9.17) is 14.6 Å². The molecule has 2 atom stereocenters. The van der Waals surface area contributed by atoms with E-state index in [1.54, 1.807) is 12.1 Å². The number of carboxylic acid groups (broad SMARTS) is 1. The number of likely N-dealkylation sites (tertiary alicyclic amines) is 1. The lowest BCUT2D eigenvalue weighted by Gasteiger charge is -2.22. The summed E-state index contributed by atoms with van der Waals surface area (Å²) in [6.07, 6.45) is -0.820. The van der Waals surface area contributed by atoms with Gasteiger partial charge >= 0.3 is 5.97 Å². The molecule has 1 fully saturated rings. The van der Waals surface area contributed by atoms with Crippen LogP contribution in [0.15, 0.2) is 18.2 Å². The van der Waals surface area contributed by atoms with Crippen LogP contribution in [0.5, 0.6) is 11.5 Å². The van der Waals surface area contributed by atoms with Crippen molar-refractivity contribution in [1.82, 2.24) is 4.90 Å². The lowest BCUT2D eigenvalue weighted by Crippen LogP contribution is -2.40. The van der Waals surface area contributed by atoms with E-state index in [1.807, 2.05) is 0 Å². The van der Waals surface area contributed by atoms with Gasteiger partial charge in [-0.2, -0.15) is 0 Å². The molecule has 1 aliphatic rings. The van der Waals surface area contributed by atoms with Gasteiger partial charge in [-0.15, -0.1) is 0 Å². The molecule has 114 valence electrons. The molecule has 0 aliphatic carbocycles. The molecule has 0 radical (unpaired) electrons. The number of carbonyl (C=O) groups excluding carboxylic acids is 1. The molecule has 0 spiro atoms. The maximum atomic E-state index is 12.6. The number of aliphatic hydroxyl groups is 1. The highest BCUT2D eigenvalue weighted by atomic mass is 16.5. The Morgan fingerprint density at radius 1 is 1.29 bits per heavy atom. The van der Waals surface area contributed by atoms with Crippen molar-refractivity contribution in [2.24, 2.45) is 0 Å². The summed E-state index contributed by atoms with van der Waals surface area (Å²) in [6, 6.07) is 3.76. The molecule has 7 nitrogen and oxygen atoms in total. The lowest BCUT2D eigenvalue weighted by atomic mass is 10.1. The zero-order valence-electron chi connectivity index (χ0n) is 11.8. The molecule has 0 unspecified atom stereocenters. The molecule has 0 saturated carbocycles. The van der Waals surface area contributed by atoms with Gasteiger partial charge in [0.1, 0.15) is 6.04 Å². The predicted octanol–water partition coefficient (Wildman–Crippen LogP) is 0.364. The van der Waals surface area contributed by atoms with Crippen molar-refractivity contribution in [3.63, 3.8) is 0 Å². The number of rotatable bonds is 4. The lowest BCUT2D eigenvalue weighted by molar-refractivity contribution is -0.141. The van der Waals surface area contributed by atoms with Gasteiger partial charge in [-0.25, -0.2) is 4.79 Å². The largest absolute Gasteiger partial charge is 0.493 e. The van der Waals surface area contributed by atoms with Gasteiger partial charge in [0, 0.05) is 13.0 Å². The molecule has 0 bridgehead atoms. The number of para-hydroxylation sites is 1. The molecule has 1 saturated heterocycles. The van der Waals surface area contributed by atoms with Crippen molar-refractivity contribution in [2.45, 2.75) is 18.6 Å². The highest BCUT2D eigenvalue weighted by Crippen LogP contribution is 2.33. The van der Waals surface area contributed by atoms with Crippen LogP contribution in [-0.4, -0.2) is 59.9 Å². The fraction of sp³-hybridized carbons (Fsp3) is 0.429. The van der Waals surface area contributed by atoms with E-state index in [2.05, 4.69) is 0 Å². The summed E-state index contributed by atoms with van der Waals surface area (Å²) in [6.45, 7) is -0.0177. The van der Waals surface area contributed by atoms with Crippen LogP contribution in [-0.2, 0) is 4.79 Å². The van der Waals surface area contributed by atoms with Crippen LogP contribution >= 0.6 is 0 Å². The Kier molecular flexibility index (Phi) is 4.32. The molecule has 1 aliphatic heterocycles. The normalized spacial score (nSPS) is 21.2. The standard InChI is InChI=1S/C14H17NO6/c1-20-11-5-3-4-9(12(11)21-2)13(17)15-7-8(16)6-10(15)14(18)19/h3-5,8,10,16H,6-7H2,1-2H3,(H,18,19)/t8-,10-/m0/s1. The zero-order chi connectivity index (χ0) is 15.6. The molecule has 7 heteroatoms. The average molecular weight is 295 g/mol. The van der Waals surface area contributed by atoms with Crippen LogP contribution in [0.2, 0.25) is 0 Å². The second-order valence-electron chi connectivity index (χ2n) is 4.74. The van der Waals surface area contributed by atoms with Crippen LogP contribution < -0.4 is 9.47 Å². The smallest absolute Gasteiger partial charge is 0.326 e. The minimum atomic E-state index is -1.14. The quantitative estimate of drug-likeness (QED) is 0.833. The third kappa shape index (κ3) is 2.78. The van der Waals surface area contributed by atoms with Crippen molar-refractivity contribution < 1.29 is 29.3 Å². The van der Waals surface area contributed by atoms with Crippen molar-refractivity contribution in [2.75, 3.05) is 20.8 Å². The number of ether oxygens (including phenoxy) is 2. The summed E-state index contributed by atoms with van der Waals surface area (Å²) in [7, 11) is 2.86. The third-order valence-corrected chi connectivity index (χ3v) is 3.46. The Labute approximate surface area is 121 Å². The zero-order valence-corrected chi connectivity index (χ0v) is 11.8. The van der Waals surface area contributed by atoms with Gasteiger partial charge < -0.3 is 24.6 Å². The molecule has 2 N–H and O–H groups in total. The molecule has 2 rings (SSSR count). The topological polar surface area (TPSA) is 96.3 Å². The maximum absolute atomic E-state index is 12.6. The number of carboxylic acids is 1. The predicted molar refractivity (Wildman–Crippen MR) is 72.6 cm³/mol. The second-order valence-corrected chi connectivity index (χ2v) is 4.74. The highest BCUT2D eigenvalue weighted by molar-refractivity contribution is 6.00. The number of benzene rings is 1. The van der Waals surface area contributed by atoms with Crippen LogP contribution in [0.3, 0.4) is 0 Å². The number of aliphatic carboxylic acids is 1. The third-order valence-electron chi connectivity index (χ3n) is 3.46. The molecule has 1 aromatic carbocycles. The molecule has 0 aromatic heterocycles. The van der Waals surface area contributed by atoms with E-state index in [1.165, 1.54) is 20.3 Å². The van der Waals surface area contributed by atoms with Crippen LogP contribution in [0.25, 0.3) is 0 Å². The van der Waals surface area contributed by atoms with Gasteiger partial charge in [0.15, 0.2) is 11.5 Å². The van der Waals surface area contributed by atoms with Crippen LogP contribution in [0.1, 0.15) is 16.8 Å². The molecular weight excluding hydrogens is 278 g/mol. The Hall–Kier alpha value is -2.28. The van der Waals surface area contributed by atoms with E-state index in [0.29, 0.717) is 5.75 Å². The minimum absolute atomic E-state index is 0.0177. The van der Waals surface area contributed by atoms with Crippen molar-refractivity contribution in [1.29, 1.82) is 0 Å². The minimum Gasteiger partial charge on any atom is -0.493 e. The van der Waals surface area contributed by atoms with Crippen LogP contribution in [0.4, 0.5) is 0 Å². The summed E-state index contributed by atoms with van der Waals surface area (Å²) in [5.41, 5.74) is 0.206. The Bertz CT molecular complexity index is 558. The monoisotopic (exact) mass is 295 g/mol. The van der Waals surface area contributed by atoms with Gasteiger partial charge in [0.05, 0.1) is 25.9 Å². The van der Waals surface area contributed by atoms with Gasteiger partial charge in [0.25, 0.3) is 5.91 Å². The Balaban J connectivity index is 2.38. The molecular formula is C14H17NO6. The number of nitrogens with zero attached hydrogens (tertiary/aromatic N) is 1. The number of methoxy groups -OCH3 is 2. The van der Waals surface area contributed by atoms with Crippen molar-refractivity contribution >= 4 is 11.9 Å². The number of carbonyl (C=O) groups is 2. The van der Waals surface area contributed by atoms with Crippen LogP contribution in [0, 0.1) is 0 Å². The number of aliphatic hydroxyl groups excluding tert-OH is 1. The first-order valence-corrected chi connectivity index (χ1v) is 6.42. The van der Waals surface area contributed by atoms with Crippen molar-refractivity contribution in [3.8, 4) is 11.5 Å². The summed E-state index contributed by atoms with van der Waals surface area (Å²) >= 11 is 0. The summed E-state index contributed by atoms with van der Waals surface area (Å²) in [5, 5.41) is 18.8. The number of hydrogen-bond donors (Lipinski definition) is 2. The SMILES string of the molecule is COc1cccc(C(=O)N2C[C@@H](O)C[C@H]2C(=O)O)c1OC. The average Bonchev–Trinajstić information content (AvgIpc) is 2.87. The molecule has 1 aromatic rings. The summed E-state index contributed by atoms with van der Waals surface area (Å²) in [5.74, 6) is -1.01. The van der Waals surface area contributed by atoms with E-state index < -0.39 is 24.0 Å². The first kappa shape index (κ1) is 15.1. The fourth-order valence-corrected chi connectivity index (χ4v) is 2.48. The molecule has 1 amide bonds. The van der Waals surface area contributed by atoms with Gasteiger partial charge in [0.2, 0.25) is 0 Å². The summed E-state index contributed by atoms with van der Waals surface area (Å²) in [4.78, 5) is 24.9. The van der Waals surface area contributed by atoms with Gasteiger partial charge in [-0.05, 0) is 12.1 Å². The first-order chi connectivity index (χ1) is 9.99. The maximum Gasteiger partial charge on any atom is 0.326 e. The van der Waals surface area contributed by atoms with Gasteiger partial charge in [-0.1, -0.05) is 6.07 Å². The fourth-order valence-electron chi connectivity index (χ4n) is 2.48. The molecule has 1 heterocycles. The number of hydrogen-bond acceptors (Lipinski definition) is 5. The van der Waals surface area contributed by atoms with Crippen molar-refractivity contribution in [3.05, 3.63) is 23.8 Å². The van der Waals surface area contributed by atoms with E-state index >= 15 is 0 Å². The van der Waals surface area contributed by atoms with Gasteiger partial charge in [-0.3, -0.25) is 4.79 Å². The second kappa shape index (κ2) is 6.01. The molecule has 21 heavy (non-hydrogen) atoms. The highest BCUT2D eigenvalue weighted by Gasteiger charge is 2.40. The Morgan fingerprint density at radius 2 is 2.00 bits per heavy atom.